The molecule has 1 amide bonds. The van der Waals surface area contributed by atoms with Gasteiger partial charge < -0.3 is 4.90 Å². The topological polar surface area (TPSA) is 38.1 Å². The molecule has 5 heteroatoms. The fraction of sp³-hybridized carbons (Fsp3) is 0.600. The van der Waals surface area contributed by atoms with E-state index in [9.17, 15) is 4.79 Å². The quantitative estimate of drug-likeness (QED) is 0.775. The van der Waals surface area contributed by atoms with Crippen molar-refractivity contribution in [3.8, 4) is 0 Å². The Balaban J connectivity index is 2.19. The minimum absolute atomic E-state index is 0.137. The van der Waals surface area contributed by atoms with Crippen LogP contribution in [-0.2, 0) is 4.79 Å². The third kappa shape index (κ3) is 2.02. The van der Waals surface area contributed by atoms with Crippen LogP contribution in [0.1, 0.15) is 26.3 Å². The van der Waals surface area contributed by atoms with Gasteiger partial charge in [0.2, 0.25) is 5.91 Å². The Morgan fingerprint density at radius 2 is 2.33 bits per heavy atom. The second-order valence-electron chi connectivity index (χ2n) is 4.13. The van der Waals surface area contributed by atoms with E-state index in [0.717, 1.165) is 5.69 Å². The second-order valence-corrected chi connectivity index (χ2v) is 4.86. The standard InChI is InChI=1S/C10H15N3OS/c1-7(2)13-5-8(4-11-13)12-6-9(15)3-10(12)14/h4-5,7,9,15H,3,6H2,1-2H3. The number of hydrogen-bond donors (Lipinski definition) is 1. The minimum atomic E-state index is 0.137. The van der Waals surface area contributed by atoms with E-state index in [0.29, 0.717) is 19.0 Å². The molecule has 15 heavy (non-hydrogen) atoms. The van der Waals surface area contributed by atoms with Gasteiger partial charge >= 0.3 is 0 Å². The Kier molecular flexibility index (Phi) is 2.73. The van der Waals surface area contributed by atoms with Crippen molar-refractivity contribution >= 4 is 24.2 Å². The van der Waals surface area contributed by atoms with Crippen molar-refractivity contribution < 1.29 is 4.79 Å². The summed E-state index contributed by atoms with van der Waals surface area (Å²) in [5, 5.41) is 4.37. The van der Waals surface area contributed by atoms with Crippen LogP contribution in [0.2, 0.25) is 0 Å². The van der Waals surface area contributed by atoms with Gasteiger partial charge in [0.05, 0.1) is 11.9 Å². The summed E-state index contributed by atoms with van der Waals surface area (Å²) in [5.74, 6) is 0.137. The monoisotopic (exact) mass is 225 g/mol. The normalized spacial score (nSPS) is 21.7. The van der Waals surface area contributed by atoms with Gasteiger partial charge in [0, 0.05) is 30.5 Å². The fourth-order valence-corrected chi connectivity index (χ4v) is 2.01. The molecule has 1 aliphatic heterocycles. The Morgan fingerprint density at radius 3 is 2.80 bits per heavy atom. The Labute approximate surface area is 94.7 Å². The molecule has 2 rings (SSSR count). The highest BCUT2D eigenvalue weighted by Gasteiger charge is 2.29. The maximum atomic E-state index is 11.6. The Morgan fingerprint density at radius 1 is 1.60 bits per heavy atom. The maximum absolute atomic E-state index is 11.6. The van der Waals surface area contributed by atoms with E-state index in [-0.39, 0.29) is 11.2 Å². The zero-order chi connectivity index (χ0) is 11.0. The predicted octanol–water partition coefficient (Wildman–Crippen LogP) is 1.50. The van der Waals surface area contributed by atoms with Gasteiger partial charge in [-0.15, -0.1) is 0 Å². The summed E-state index contributed by atoms with van der Waals surface area (Å²) in [6, 6.07) is 0.322. The first-order valence-electron chi connectivity index (χ1n) is 5.10. The minimum Gasteiger partial charge on any atom is -0.308 e. The second kappa shape index (κ2) is 3.89. The van der Waals surface area contributed by atoms with E-state index in [1.54, 1.807) is 11.1 Å². The first kappa shape index (κ1) is 10.5. The summed E-state index contributed by atoms with van der Waals surface area (Å²) in [5.41, 5.74) is 0.880. The third-order valence-electron chi connectivity index (χ3n) is 2.53. The predicted molar refractivity (Wildman–Crippen MR) is 62.4 cm³/mol. The van der Waals surface area contributed by atoms with E-state index in [2.05, 4.69) is 31.6 Å². The van der Waals surface area contributed by atoms with Crippen molar-refractivity contribution in [2.24, 2.45) is 0 Å². The molecule has 0 aliphatic carbocycles. The molecular formula is C10H15N3OS. The van der Waals surface area contributed by atoms with Gasteiger partial charge in [-0.2, -0.15) is 17.7 Å². The lowest BCUT2D eigenvalue weighted by molar-refractivity contribution is -0.117. The van der Waals surface area contributed by atoms with Crippen molar-refractivity contribution in [2.45, 2.75) is 31.6 Å². The van der Waals surface area contributed by atoms with Gasteiger partial charge in [-0.3, -0.25) is 9.48 Å². The molecule has 0 radical (unpaired) electrons. The smallest absolute Gasteiger partial charge is 0.228 e. The van der Waals surface area contributed by atoms with Crippen molar-refractivity contribution in [2.75, 3.05) is 11.4 Å². The zero-order valence-electron chi connectivity index (χ0n) is 8.92. The summed E-state index contributed by atoms with van der Waals surface area (Å²) < 4.78 is 1.86. The van der Waals surface area contributed by atoms with Crippen LogP contribution in [0.5, 0.6) is 0 Å². The van der Waals surface area contributed by atoms with Gasteiger partial charge in [0.15, 0.2) is 0 Å². The number of nitrogens with zero attached hydrogens (tertiary/aromatic N) is 3. The molecule has 0 aromatic carbocycles. The van der Waals surface area contributed by atoms with Gasteiger partial charge in [0.1, 0.15) is 0 Å². The molecule has 1 aromatic rings. The van der Waals surface area contributed by atoms with Crippen LogP contribution < -0.4 is 4.90 Å². The number of rotatable bonds is 2. The highest BCUT2D eigenvalue weighted by atomic mass is 32.1. The van der Waals surface area contributed by atoms with Crippen LogP contribution in [0.15, 0.2) is 12.4 Å². The lowest BCUT2D eigenvalue weighted by Crippen LogP contribution is -2.24. The van der Waals surface area contributed by atoms with Gasteiger partial charge in [0.25, 0.3) is 0 Å². The Hall–Kier alpha value is -0.970. The van der Waals surface area contributed by atoms with E-state index < -0.39 is 0 Å². The number of carbonyl (C=O) groups is 1. The average Bonchev–Trinajstić information content (AvgIpc) is 2.71. The molecule has 1 atom stereocenters. The molecule has 1 saturated heterocycles. The molecule has 1 aromatic heterocycles. The first-order valence-corrected chi connectivity index (χ1v) is 5.62. The van der Waals surface area contributed by atoms with Gasteiger partial charge in [-0.05, 0) is 13.8 Å². The van der Waals surface area contributed by atoms with Crippen molar-refractivity contribution in [3.63, 3.8) is 0 Å². The third-order valence-corrected chi connectivity index (χ3v) is 2.88. The van der Waals surface area contributed by atoms with E-state index in [1.165, 1.54) is 0 Å². The summed E-state index contributed by atoms with van der Waals surface area (Å²) in [4.78, 5) is 13.4. The summed E-state index contributed by atoms with van der Waals surface area (Å²) in [7, 11) is 0. The zero-order valence-corrected chi connectivity index (χ0v) is 9.82. The largest absolute Gasteiger partial charge is 0.308 e. The van der Waals surface area contributed by atoms with Gasteiger partial charge in [-0.25, -0.2) is 0 Å². The number of hydrogen-bond acceptors (Lipinski definition) is 3. The van der Waals surface area contributed by atoms with E-state index in [1.807, 2.05) is 10.9 Å². The maximum Gasteiger partial charge on any atom is 0.228 e. The number of carbonyl (C=O) groups excluding carboxylic acids is 1. The molecule has 82 valence electrons. The SMILES string of the molecule is CC(C)n1cc(N2CC(S)CC2=O)cn1. The molecule has 4 nitrogen and oxygen atoms in total. The number of amides is 1. The number of anilines is 1. The van der Waals surface area contributed by atoms with Crippen LogP contribution in [0.25, 0.3) is 0 Å². The van der Waals surface area contributed by atoms with Gasteiger partial charge in [-0.1, -0.05) is 0 Å². The van der Waals surface area contributed by atoms with Crippen molar-refractivity contribution in [1.82, 2.24) is 9.78 Å². The van der Waals surface area contributed by atoms with Crippen LogP contribution in [0.3, 0.4) is 0 Å². The molecule has 1 aliphatic rings. The molecule has 0 N–H and O–H groups in total. The fourth-order valence-electron chi connectivity index (χ4n) is 1.69. The molecule has 1 unspecified atom stereocenters. The van der Waals surface area contributed by atoms with Crippen LogP contribution in [0.4, 0.5) is 5.69 Å². The van der Waals surface area contributed by atoms with Crippen LogP contribution >= 0.6 is 12.6 Å². The highest BCUT2D eigenvalue weighted by Crippen LogP contribution is 2.24. The highest BCUT2D eigenvalue weighted by molar-refractivity contribution is 7.81. The van der Waals surface area contributed by atoms with Crippen LogP contribution in [-0.4, -0.2) is 27.5 Å². The van der Waals surface area contributed by atoms with Crippen LogP contribution in [0, 0.1) is 0 Å². The molecule has 0 spiro atoms. The summed E-state index contributed by atoms with van der Waals surface area (Å²) >= 11 is 4.32. The average molecular weight is 225 g/mol. The molecule has 0 bridgehead atoms. The van der Waals surface area contributed by atoms with Crippen molar-refractivity contribution in [1.29, 1.82) is 0 Å². The Bertz CT molecular complexity index is 374. The number of thiol groups is 1. The summed E-state index contributed by atoms with van der Waals surface area (Å²) in [6.07, 6.45) is 4.17. The van der Waals surface area contributed by atoms with Crippen molar-refractivity contribution in [3.05, 3.63) is 12.4 Å². The summed E-state index contributed by atoms with van der Waals surface area (Å²) in [6.45, 7) is 4.81. The molecule has 0 saturated carbocycles. The molecule has 2 heterocycles. The molecular weight excluding hydrogens is 210 g/mol. The van der Waals surface area contributed by atoms with E-state index in [4.69, 9.17) is 0 Å². The first-order chi connectivity index (χ1) is 7.08. The van der Waals surface area contributed by atoms with E-state index >= 15 is 0 Å². The number of aromatic nitrogens is 2. The lowest BCUT2D eigenvalue weighted by Gasteiger charge is -2.12. The lowest BCUT2D eigenvalue weighted by atomic mass is 10.4. The molecule has 1 fully saturated rings.